The van der Waals surface area contributed by atoms with Gasteiger partial charge in [-0.15, -0.1) is 0 Å². The highest BCUT2D eigenvalue weighted by Gasteiger charge is 2.17. The molecule has 1 rings (SSSR count). The molecule has 1 aromatic heterocycles. The number of esters is 1. The Kier molecular flexibility index (Phi) is 5.37. The minimum atomic E-state index is -1.61. The van der Waals surface area contributed by atoms with Crippen LogP contribution in [-0.2, 0) is 4.74 Å². The summed E-state index contributed by atoms with van der Waals surface area (Å²) < 4.78 is 4.56. The van der Waals surface area contributed by atoms with Crippen LogP contribution in [0.2, 0.25) is 0 Å². The number of hydrogen-bond acceptors (Lipinski definition) is 7. The maximum atomic E-state index is 11.5. The van der Waals surface area contributed by atoms with Crippen molar-refractivity contribution >= 4 is 11.9 Å². The molecule has 1 unspecified atom stereocenters. The van der Waals surface area contributed by atoms with E-state index in [1.165, 1.54) is 18.2 Å². The van der Waals surface area contributed by atoms with Crippen molar-refractivity contribution in [3.05, 3.63) is 29.6 Å². The van der Waals surface area contributed by atoms with E-state index in [2.05, 4.69) is 9.72 Å². The Labute approximate surface area is 107 Å². The summed E-state index contributed by atoms with van der Waals surface area (Å²) in [6.45, 7) is 0. The van der Waals surface area contributed by atoms with Gasteiger partial charge in [-0.3, -0.25) is 0 Å². The lowest BCUT2D eigenvalue weighted by Gasteiger charge is -2.12. The van der Waals surface area contributed by atoms with Crippen molar-refractivity contribution in [2.45, 2.75) is 25.4 Å². The van der Waals surface area contributed by atoms with E-state index in [1.54, 1.807) is 0 Å². The lowest BCUT2D eigenvalue weighted by Crippen LogP contribution is -2.21. The minimum absolute atomic E-state index is 0.165. The second-order valence-corrected chi connectivity index (χ2v) is 3.63. The van der Waals surface area contributed by atoms with Gasteiger partial charge in [-0.05, 0) is 12.1 Å². The van der Waals surface area contributed by atoms with E-state index in [9.17, 15) is 14.7 Å². The Bertz CT molecular complexity index is 460. The highest BCUT2D eigenvalue weighted by atomic mass is 16.6. The van der Waals surface area contributed by atoms with Gasteiger partial charge in [-0.25, -0.2) is 14.6 Å². The number of carbonyl (C=O) groups is 2. The number of nitrogens with zero attached hydrogens (tertiary/aromatic N) is 1. The highest BCUT2D eigenvalue weighted by molar-refractivity contribution is 5.90. The smallest absolute Gasteiger partial charge is 0.359 e. The predicted octanol–water partition coefficient (Wildman–Crippen LogP) is -0.654. The van der Waals surface area contributed by atoms with E-state index in [0.29, 0.717) is 0 Å². The maximum absolute atomic E-state index is 11.5. The molecule has 0 amide bonds. The van der Waals surface area contributed by atoms with Crippen molar-refractivity contribution in [3.8, 4) is 0 Å². The third-order valence-electron chi connectivity index (χ3n) is 2.09. The third kappa shape index (κ3) is 5.00. The summed E-state index contributed by atoms with van der Waals surface area (Å²) in [5.74, 6) is -2.29. The van der Waals surface area contributed by atoms with Crippen molar-refractivity contribution in [3.63, 3.8) is 0 Å². The summed E-state index contributed by atoms with van der Waals surface area (Å²) in [5, 5.41) is 35.2. The van der Waals surface area contributed by atoms with Crippen LogP contribution in [0.15, 0.2) is 18.2 Å². The second-order valence-electron chi connectivity index (χ2n) is 3.63. The van der Waals surface area contributed by atoms with E-state index in [0.717, 1.165) is 0 Å². The molecule has 0 saturated heterocycles. The van der Waals surface area contributed by atoms with Crippen LogP contribution >= 0.6 is 0 Å². The van der Waals surface area contributed by atoms with Crippen LogP contribution < -0.4 is 0 Å². The molecule has 0 fully saturated rings. The highest BCUT2D eigenvalue weighted by Crippen LogP contribution is 2.07. The Balaban J connectivity index is 2.62. The third-order valence-corrected chi connectivity index (χ3v) is 2.09. The number of carbonyl (C=O) groups excluding carboxylic acids is 1. The first-order valence-corrected chi connectivity index (χ1v) is 5.35. The second kappa shape index (κ2) is 6.78. The molecule has 4 N–H and O–H groups in total. The zero-order chi connectivity index (χ0) is 14.4. The van der Waals surface area contributed by atoms with Crippen LogP contribution in [0.25, 0.3) is 0 Å². The Morgan fingerprint density at radius 2 is 1.79 bits per heavy atom. The fraction of sp³-hybridized carbons (Fsp3) is 0.364. The first-order valence-electron chi connectivity index (χ1n) is 5.35. The van der Waals surface area contributed by atoms with Crippen LogP contribution in [0.3, 0.4) is 0 Å². The zero-order valence-electron chi connectivity index (χ0n) is 9.76. The average molecular weight is 271 g/mol. The summed E-state index contributed by atoms with van der Waals surface area (Å²) in [7, 11) is 0. The molecule has 104 valence electrons. The van der Waals surface area contributed by atoms with Gasteiger partial charge in [0.1, 0.15) is 11.4 Å². The largest absolute Gasteiger partial charge is 0.477 e. The van der Waals surface area contributed by atoms with E-state index >= 15 is 0 Å². The van der Waals surface area contributed by atoms with Crippen molar-refractivity contribution in [2.24, 2.45) is 0 Å². The average Bonchev–Trinajstić information content (AvgIpc) is 2.36. The van der Waals surface area contributed by atoms with Crippen molar-refractivity contribution in [1.29, 1.82) is 0 Å². The van der Waals surface area contributed by atoms with Crippen molar-refractivity contribution in [2.75, 3.05) is 0 Å². The number of aliphatic hydroxyl groups is 3. The molecule has 19 heavy (non-hydrogen) atoms. The van der Waals surface area contributed by atoms with Gasteiger partial charge in [0.15, 0.2) is 6.29 Å². The molecular formula is C11H13NO7. The standard InChI is InChI=1S/C11H13NO7/c13-8(14)4-5-9(15)19-11(18)7-3-1-2-6(12-7)10(16)17/h1-3,8-9,13-15H,4-5H2,(H,16,17). The number of carboxylic acid groups (broad SMARTS) is 1. The van der Waals surface area contributed by atoms with Crippen LogP contribution in [0, 0.1) is 0 Å². The van der Waals surface area contributed by atoms with Crippen LogP contribution in [0.5, 0.6) is 0 Å². The molecule has 0 spiro atoms. The number of aromatic nitrogens is 1. The SMILES string of the molecule is O=C(O)c1cccc(C(=O)OC(O)CCC(O)O)n1. The Morgan fingerprint density at radius 1 is 1.16 bits per heavy atom. The molecule has 0 radical (unpaired) electrons. The number of carboxylic acids is 1. The lowest BCUT2D eigenvalue weighted by atomic mass is 10.3. The van der Waals surface area contributed by atoms with Crippen LogP contribution in [0.4, 0.5) is 0 Å². The molecular weight excluding hydrogens is 258 g/mol. The first kappa shape index (κ1) is 15.0. The minimum Gasteiger partial charge on any atom is -0.477 e. The van der Waals surface area contributed by atoms with E-state index in [-0.39, 0.29) is 24.2 Å². The predicted molar refractivity (Wildman–Crippen MR) is 60.1 cm³/mol. The monoisotopic (exact) mass is 271 g/mol. The molecule has 0 aliphatic carbocycles. The number of ether oxygens (including phenoxy) is 1. The summed E-state index contributed by atoms with van der Waals surface area (Å²) in [6, 6.07) is 3.76. The fourth-order valence-corrected chi connectivity index (χ4v) is 1.20. The van der Waals surface area contributed by atoms with E-state index < -0.39 is 24.5 Å². The molecule has 0 aliphatic heterocycles. The molecule has 1 aromatic rings. The molecule has 1 atom stereocenters. The van der Waals surface area contributed by atoms with Crippen molar-refractivity contribution in [1.82, 2.24) is 4.98 Å². The summed E-state index contributed by atoms with van der Waals surface area (Å²) >= 11 is 0. The zero-order valence-corrected chi connectivity index (χ0v) is 9.76. The molecule has 8 heteroatoms. The Morgan fingerprint density at radius 3 is 2.37 bits per heavy atom. The van der Waals surface area contributed by atoms with Gasteiger partial charge in [-0.1, -0.05) is 6.07 Å². The molecule has 0 bridgehead atoms. The molecule has 0 saturated carbocycles. The number of pyridine rings is 1. The molecule has 0 aromatic carbocycles. The van der Waals surface area contributed by atoms with Gasteiger partial charge in [0.2, 0.25) is 6.29 Å². The normalized spacial score (nSPS) is 12.2. The van der Waals surface area contributed by atoms with Gasteiger partial charge in [-0.2, -0.15) is 0 Å². The summed E-state index contributed by atoms with van der Waals surface area (Å²) in [5.41, 5.74) is -0.585. The molecule has 1 heterocycles. The Hall–Kier alpha value is -2.03. The topological polar surface area (TPSA) is 137 Å². The maximum Gasteiger partial charge on any atom is 0.359 e. The number of hydrogen-bond donors (Lipinski definition) is 4. The van der Waals surface area contributed by atoms with Gasteiger partial charge >= 0.3 is 11.9 Å². The number of aromatic carboxylic acids is 1. The summed E-state index contributed by atoms with van der Waals surface area (Å²) in [6.07, 6.45) is -3.47. The fourth-order valence-electron chi connectivity index (χ4n) is 1.20. The van der Waals surface area contributed by atoms with Gasteiger partial charge in [0.25, 0.3) is 0 Å². The van der Waals surface area contributed by atoms with Crippen molar-refractivity contribution < 1.29 is 34.8 Å². The van der Waals surface area contributed by atoms with Crippen LogP contribution in [0.1, 0.15) is 33.8 Å². The first-order chi connectivity index (χ1) is 8.90. The van der Waals surface area contributed by atoms with Gasteiger partial charge in [0, 0.05) is 12.8 Å². The molecule has 0 aliphatic rings. The van der Waals surface area contributed by atoms with Gasteiger partial charge < -0.3 is 25.2 Å². The number of aliphatic hydroxyl groups excluding tert-OH is 2. The van der Waals surface area contributed by atoms with Gasteiger partial charge in [0.05, 0.1) is 0 Å². The van der Waals surface area contributed by atoms with E-state index in [4.69, 9.17) is 15.3 Å². The lowest BCUT2D eigenvalue weighted by molar-refractivity contribution is -0.0971. The summed E-state index contributed by atoms with van der Waals surface area (Å²) in [4.78, 5) is 25.7. The van der Waals surface area contributed by atoms with E-state index in [1.807, 2.05) is 0 Å². The van der Waals surface area contributed by atoms with Crippen LogP contribution in [-0.4, -0.2) is 49.9 Å². The number of rotatable bonds is 6. The quantitative estimate of drug-likeness (QED) is 0.395. The molecule has 8 nitrogen and oxygen atoms in total.